The van der Waals surface area contributed by atoms with Crippen LogP contribution in [0.5, 0.6) is 0 Å². The van der Waals surface area contributed by atoms with Crippen LogP contribution in [-0.2, 0) is 0 Å². The number of fused-ring (bicyclic) bond motifs is 6. The van der Waals surface area contributed by atoms with E-state index in [2.05, 4.69) is 289 Å². The van der Waals surface area contributed by atoms with Gasteiger partial charge in [0.2, 0.25) is 0 Å². The number of nitrogens with zero attached hydrogens (tertiary/aromatic N) is 2. The molecule has 0 spiro atoms. The molecule has 0 unspecified atom stereocenters. The van der Waals surface area contributed by atoms with Gasteiger partial charge in [0, 0.05) is 33.3 Å². The van der Waals surface area contributed by atoms with Gasteiger partial charge in [-0.05, 0) is 127 Å². The van der Waals surface area contributed by atoms with Crippen molar-refractivity contribution in [1.82, 2.24) is 4.57 Å². The lowest BCUT2D eigenvalue weighted by Gasteiger charge is -2.29. The third-order valence-corrected chi connectivity index (χ3v) is 14.0. The second kappa shape index (κ2) is 17.4. The van der Waals surface area contributed by atoms with Crippen LogP contribution in [-0.4, -0.2) is 4.57 Å². The van der Waals surface area contributed by atoms with Gasteiger partial charge in [-0.1, -0.05) is 218 Å². The van der Waals surface area contributed by atoms with E-state index in [9.17, 15) is 0 Å². The monoisotopic (exact) mass is 890 g/mol. The fraction of sp³-hybridized carbons (Fsp3) is 0. The van der Waals surface area contributed by atoms with Gasteiger partial charge in [-0.2, -0.15) is 0 Å². The Bertz CT molecular complexity index is 3990. The van der Waals surface area contributed by atoms with Crippen molar-refractivity contribution in [3.05, 3.63) is 279 Å². The molecule has 0 amide bonds. The summed E-state index contributed by atoms with van der Waals surface area (Å²) in [5, 5.41) is 7.48. The summed E-state index contributed by atoms with van der Waals surface area (Å²) in [6.07, 6.45) is 0. The molecule has 0 saturated carbocycles. The molecule has 0 aliphatic heterocycles. The van der Waals surface area contributed by atoms with Crippen molar-refractivity contribution in [1.29, 1.82) is 0 Å². The van der Waals surface area contributed by atoms with E-state index in [-0.39, 0.29) is 0 Å². The normalized spacial score (nSPS) is 11.4. The minimum absolute atomic E-state index is 1.06. The molecule has 0 aliphatic rings. The van der Waals surface area contributed by atoms with Crippen LogP contribution in [0.1, 0.15) is 0 Å². The van der Waals surface area contributed by atoms with Crippen molar-refractivity contribution in [2.45, 2.75) is 0 Å². The number of hydrogen-bond acceptors (Lipinski definition) is 1. The summed E-state index contributed by atoms with van der Waals surface area (Å²) in [5.41, 5.74) is 18.4. The number of hydrogen-bond donors (Lipinski definition) is 0. The van der Waals surface area contributed by atoms with Crippen molar-refractivity contribution in [2.75, 3.05) is 4.90 Å². The third-order valence-electron chi connectivity index (χ3n) is 14.0. The number of para-hydroxylation sites is 2. The van der Waals surface area contributed by atoms with Crippen LogP contribution in [0.2, 0.25) is 0 Å². The van der Waals surface area contributed by atoms with Crippen molar-refractivity contribution in [3.63, 3.8) is 0 Å². The van der Waals surface area contributed by atoms with E-state index in [1.807, 2.05) is 0 Å². The van der Waals surface area contributed by atoms with Crippen molar-refractivity contribution < 1.29 is 0 Å². The van der Waals surface area contributed by atoms with E-state index in [1.165, 1.54) is 71.2 Å². The van der Waals surface area contributed by atoms with Crippen LogP contribution >= 0.6 is 0 Å². The van der Waals surface area contributed by atoms with Crippen molar-refractivity contribution in [3.8, 4) is 61.3 Å². The first kappa shape index (κ1) is 41.0. The fourth-order valence-electron chi connectivity index (χ4n) is 10.7. The van der Waals surface area contributed by atoms with Crippen LogP contribution in [0.4, 0.5) is 17.1 Å². The Labute approximate surface area is 408 Å². The Kier molecular flexibility index (Phi) is 10.2. The third kappa shape index (κ3) is 7.22. The molecule has 2 heteroatoms. The lowest BCUT2D eigenvalue weighted by atomic mass is 9.92. The minimum atomic E-state index is 1.06. The van der Waals surface area contributed by atoms with E-state index >= 15 is 0 Å². The average molecular weight is 891 g/mol. The molecular formula is C68H46N2. The first-order valence-corrected chi connectivity index (χ1v) is 24.1. The summed E-state index contributed by atoms with van der Waals surface area (Å²) in [6, 6.07) is 102. The minimum Gasteiger partial charge on any atom is -0.310 e. The summed E-state index contributed by atoms with van der Waals surface area (Å²) in [6.45, 7) is 0. The maximum atomic E-state index is 2.45. The summed E-state index contributed by atoms with van der Waals surface area (Å²) < 4.78 is 2.45. The summed E-state index contributed by atoms with van der Waals surface area (Å²) in [5.74, 6) is 0. The van der Waals surface area contributed by atoms with E-state index in [0.29, 0.717) is 0 Å². The number of anilines is 3. The molecule has 0 saturated heterocycles. The van der Waals surface area contributed by atoms with Crippen LogP contribution in [0.3, 0.4) is 0 Å². The van der Waals surface area contributed by atoms with E-state index < -0.39 is 0 Å². The first-order valence-electron chi connectivity index (χ1n) is 24.1. The fourth-order valence-corrected chi connectivity index (χ4v) is 10.7. The molecule has 0 bridgehead atoms. The highest BCUT2D eigenvalue weighted by Gasteiger charge is 2.22. The molecule has 1 aromatic heterocycles. The van der Waals surface area contributed by atoms with Gasteiger partial charge in [0.05, 0.1) is 22.4 Å². The number of benzene rings is 12. The summed E-state index contributed by atoms with van der Waals surface area (Å²) >= 11 is 0. The maximum Gasteiger partial charge on any atom is 0.0546 e. The van der Waals surface area contributed by atoms with Crippen molar-refractivity contribution >= 4 is 60.4 Å². The topological polar surface area (TPSA) is 8.17 Å². The Morgan fingerprint density at radius 3 is 1.41 bits per heavy atom. The zero-order valence-electron chi connectivity index (χ0n) is 38.5. The molecule has 13 rings (SSSR count). The zero-order chi connectivity index (χ0) is 46.4. The smallest absolute Gasteiger partial charge is 0.0546 e. The molecule has 0 radical (unpaired) electrons. The molecular weight excluding hydrogens is 845 g/mol. The highest BCUT2D eigenvalue weighted by atomic mass is 15.1. The van der Waals surface area contributed by atoms with Gasteiger partial charge in [0.15, 0.2) is 0 Å². The predicted molar refractivity (Wildman–Crippen MR) is 298 cm³/mol. The molecule has 1 heterocycles. The summed E-state index contributed by atoms with van der Waals surface area (Å²) in [4.78, 5) is 2.44. The predicted octanol–water partition coefficient (Wildman–Crippen LogP) is 18.9. The Morgan fingerprint density at radius 2 is 0.743 bits per heavy atom. The molecule has 2 nitrogen and oxygen atoms in total. The Balaban J connectivity index is 1.01. The lowest BCUT2D eigenvalue weighted by molar-refractivity contribution is 1.18. The number of aromatic nitrogens is 1. The molecule has 13 aromatic rings. The van der Waals surface area contributed by atoms with Crippen LogP contribution < -0.4 is 4.90 Å². The molecule has 0 N–H and O–H groups in total. The highest BCUT2D eigenvalue weighted by Crippen LogP contribution is 2.46. The second-order valence-corrected chi connectivity index (χ2v) is 18.1. The van der Waals surface area contributed by atoms with Gasteiger partial charge < -0.3 is 9.47 Å². The largest absolute Gasteiger partial charge is 0.310 e. The Morgan fingerprint density at radius 1 is 0.243 bits per heavy atom. The van der Waals surface area contributed by atoms with Gasteiger partial charge in [-0.3, -0.25) is 0 Å². The van der Waals surface area contributed by atoms with Gasteiger partial charge in [-0.25, -0.2) is 0 Å². The van der Waals surface area contributed by atoms with Crippen LogP contribution in [0, 0.1) is 0 Å². The quantitative estimate of drug-likeness (QED) is 0.131. The molecule has 328 valence electrons. The standard InChI is InChI=1S/C68H46N2/c1-4-19-47(20-5-1)51-38-42-67(64(44-51)49-23-8-3-9-24-49)69(56-27-18-26-53(43-56)63-45-54-25-10-11-28-57(54)59-29-12-13-30-60(59)63)55-39-35-50(36-40-55)58-41-37-52(48-21-6-2-7-22-48)46-68(58)70-65-33-16-14-31-61(65)62-32-15-17-34-66(62)70/h1-46H. The van der Waals surface area contributed by atoms with E-state index in [0.717, 1.165) is 50.6 Å². The van der Waals surface area contributed by atoms with E-state index in [4.69, 9.17) is 0 Å². The molecule has 12 aromatic carbocycles. The zero-order valence-corrected chi connectivity index (χ0v) is 38.5. The van der Waals surface area contributed by atoms with Gasteiger partial charge in [-0.15, -0.1) is 0 Å². The van der Waals surface area contributed by atoms with Crippen LogP contribution in [0.15, 0.2) is 279 Å². The van der Waals surface area contributed by atoms with E-state index in [1.54, 1.807) is 0 Å². The maximum absolute atomic E-state index is 2.45. The lowest BCUT2D eigenvalue weighted by Crippen LogP contribution is -2.11. The molecule has 0 aliphatic carbocycles. The van der Waals surface area contributed by atoms with Crippen LogP contribution in [0.25, 0.3) is 105 Å². The first-order chi connectivity index (χ1) is 34.7. The average Bonchev–Trinajstić information content (AvgIpc) is 3.78. The van der Waals surface area contributed by atoms with Gasteiger partial charge in [0.1, 0.15) is 0 Å². The number of rotatable bonds is 9. The van der Waals surface area contributed by atoms with Gasteiger partial charge in [0.25, 0.3) is 0 Å². The molecule has 0 fully saturated rings. The van der Waals surface area contributed by atoms with Crippen molar-refractivity contribution in [2.24, 2.45) is 0 Å². The summed E-state index contributed by atoms with van der Waals surface area (Å²) in [7, 11) is 0. The Hall–Kier alpha value is -9.24. The molecule has 70 heavy (non-hydrogen) atoms. The second-order valence-electron chi connectivity index (χ2n) is 18.1. The van der Waals surface area contributed by atoms with Gasteiger partial charge >= 0.3 is 0 Å². The SMILES string of the molecule is c1ccc(-c2ccc(N(c3ccc(-c4ccc(-c5ccccc5)cc4-n4c5ccccc5c5ccccc54)cc3)c3cccc(-c4cc5ccccc5c5ccccc45)c3)c(-c3ccccc3)c2)cc1. The molecule has 0 atom stereocenters. The highest BCUT2D eigenvalue weighted by molar-refractivity contribution is 6.14.